The van der Waals surface area contributed by atoms with Crippen LogP contribution in [-0.4, -0.2) is 11.7 Å². The summed E-state index contributed by atoms with van der Waals surface area (Å²) in [5.74, 6) is 3.96. The summed E-state index contributed by atoms with van der Waals surface area (Å²) in [4.78, 5) is 4.68. The van der Waals surface area contributed by atoms with Crippen molar-refractivity contribution in [2.45, 2.75) is 19.8 Å². The summed E-state index contributed by atoms with van der Waals surface area (Å²) >= 11 is 0. The first-order valence-corrected chi connectivity index (χ1v) is 10.4. The first-order valence-electron chi connectivity index (χ1n) is 10.4. The predicted octanol–water partition coefficient (Wildman–Crippen LogP) is 4.60. The van der Waals surface area contributed by atoms with Crippen LogP contribution >= 0.6 is 0 Å². The normalized spacial score (nSPS) is 13.1. The van der Waals surface area contributed by atoms with Crippen LogP contribution in [0.3, 0.4) is 0 Å². The Hall–Kier alpha value is -3.53. The summed E-state index contributed by atoms with van der Waals surface area (Å²) in [6.07, 6.45) is 1.89. The lowest BCUT2D eigenvalue weighted by Gasteiger charge is -2.33. The molecule has 0 saturated heterocycles. The van der Waals surface area contributed by atoms with Crippen molar-refractivity contribution in [2.24, 2.45) is 0 Å². The Labute approximate surface area is 176 Å². The zero-order valence-electron chi connectivity index (χ0n) is 16.9. The van der Waals surface area contributed by atoms with E-state index in [0.29, 0.717) is 5.92 Å². The van der Waals surface area contributed by atoms with E-state index in [4.69, 9.17) is 9.47 Å². The molecule has 2 aliphatic heterocycles. The van der Waals surface area contributed by atoms with Crippen LogP contribution in [0.2, 0.25) is 0 Å². The quantitative estimate of drug-likeness (QED) is 0.406. The van der Waals surface area contributed by atoms with Crippen molar-refractivity contribution in [1.82, 2.24) is 4.98 Å². The highest BCUT2D eigenvalue weighted by Crippen LogP contribution is 2.38. The summed E-state index contributed by atoms with van der Waals surface area (Å²) < 4.78 is 12.7. The molecule has 0 N–H and O–H groups in total. The number of pyridine rings is 1. The standard InChI is InChI=1S/C26H20BNO2/c1-16(2)17-13-14-28-21(15-17)18-7-5-9-20-26(18)30-24-12-6-11-23-25(24)27(20)19-8-3-4-10-22(19)29-23/h3-16H,1-2H3. The van der Waals surface area contributed by atoms with E-state index in [1.807, 2.05) is 36.5 Å². The van der Waals surface area contributed by atoms with E-state index in [9.17, 15) is 0 Å². The molecule has 144 valence electrons. The lowest BCUT2D eigenvalue weighted by molar-refractivity contribution is 0.465. The van der Waals surface area contributed by atoms with Gasteiger partial charge in [-0.15, -0.1) is 0 Å². The van der Waals surface area contributed by atoms with Crippen LogP contribution in [0.25, 0.3) is 11.3 Å². The van der Waals surface area contributed by atoms with Crippen molar-refractivity contribution in [2.75, 3.05) is 0 Å². The van der Waals surface area contributed by atoms with Crippen LogP contribution in [0, 0.1) is 0 Å². The molecule has 0 aliphatic carbocycles. The predicted molar refractivity (Wildman–Crippen MR) is 121 cm³/mol. The van der Waals surface area contributed by atoms with Gasteiger partial charge in [0.1, 0.15) is 23.0 Å². The summed E-state index contributed by atoms with van der Waals surface area (Å²) in [6, 6.07) is 25.0. The molecule has 0 atom stereocenters. The van der Waals surface area contributed by atoms with Gasteiger partial charge in [0, 0.05) is 17.2 Å². The van der Waals surface area contributed by atoms with E-state index < -0.39 is 0 Å². The largest absolute Gasteiger partial charge is 0.458 e. The third-order valence-electron chi connectivity index (χ3n) is 6.06. The maximum Gasteiger partial charge on any atom is 0.260 e. The molecule has 4 heteroatoms. The molecule has 3 aromatic carbocycles. The van der Waals surface area contributed by atoms with E-state index in [-0.39, 0.29) is 6.71 Å². The highest BCUT2D eigenvalue weighted by atomic mass is 16.5. The maximum atomic E-state index is 6.51. The van der Waals surface area contributed by atoms with Crippen molar-refractivity contribution in [1.29, 1.82) is 0 Å². The number of para-hydroxylation sites is 2. The fourth-order valence-electron chi connectivity index (χ4n) is 4.56. The second kappa shape index (κ2) is 6.49. The fraction of sp³-hybridized carbons (Fsp3) is 0.115. The molecule has 3 heterocycles. The van der Waals surface area contributed by atoms with Gasteiger partial charge >= 0.3 is 0 Å². The third-order valence-corrected chi connectivity index (χ3v) is 6.06. The molecule has 0 saturated carbocycles. The van der Waals surface area contributed by atoms with Crippen molar-refractivity contribution in [3.8, 4) is 34.3 Å². The molecule has 0 fully saturated rings. The molecule has 1 aromatic heterocycles. The lowest BCUT2D eigenvalue weighted by atomic mass is 9.34. The summed E-state index contributed by atoms with van der Waals surface area (Å²) in [5, 5.41) is 0. The number of rotatable bonds is 2. The van der Waals surface area contributed by atoms with Gasteiger partial charge in [-0.3, -0.25) is 4.98 Å². The highest BCUT2D eigenvalue weighted by molar-refractivity contribution is 6.98. The Morgan fingerprint density at radius 1 is 0.767 bits per heavy atom. The van der Waals surface area contributed by atoms with E-state index >= 15 is 0 Å². The molecule has 4 aromatic rings. The molecule has 6 rings (SSSR count). The van der Waals surface area contributed by atoms with Gasteiger partial charge in [-0.25, -0.2) is 0 Å². The van der Waals surface area contributed by atoms with Gasteiger partial charge in [-0.1, -0.05) is 50.2 Å². The van der Waals surface area contributed by atoms with Gasteiger partial charge in [0.2, 0.25) is 0 Å². The topological polar surface area (TPSA) is 31.4 Å². The van der Waals surface area contributed by atoms with E-state index in [0.717, 1.165) is 45.2 Å². The number of hydrogen-bond donors (Lipinski definition) is 0. The van der Waals surface area contributed by atoms with Crippen molar-refractivity contribution < 1.29 is 9.47 Å². The average Bonchev–Trinajstić information content (AvgIpc) is 2.78. The zero-order chi connectivity index (χ0) is 20.2. The second-order valence-electron chi connectivity index (χ2n) is 8.20. The Balaban J connectivity index is 1.60. The minimum Gasteiger partial charge on any atom is -0.458 e. The molecule has 0 radical (unpaired) electrons. The Kier molecular flexibility index (Phi) is 3.75. The molecule has 0 unspecified atom stereocenters. The molecular weight excluding hydrogens is 369 g/mol. The van der Waals surface area contributed by atoms with Crippen molar-refractivity contribution in [3.05, 3.63) is 84.6 Å². The van der Waals surface area contributed by atoms with Crippen LogP contribution in [0.1, 0.15) is 25.3 Å². The number of nitrogens with zero attached hydrogens (tertiary/aromatic N) is 1. The fourth-order valence-corrected chi connectivity index (χ4v) is 4.56. The SMILES string of the molecule is CC(C)c1ccnc(-c2cccc3c2Oc2cccc4c2B3c2ccccc2O4)c1. The Bertz CT molecular complexity index is 1300. The maximum absolute atomic E-state index is 6.51. The van der Waals surface area contributed by atoms with Crippen molar-refractivity contribution >= 4 is 23.1 Å². The summed E-state index contributed by atoms with van der Waals surface area (Å²) in [6.45, 7) is 4.48. The van der Waals surface area contributed by atoms with Crippen LogP contribution in [-0.2, 0) is 0 Å². The third kappa shape index (κ3) is 2.50. The van der Waals surface area contributed by atoms with E-state index in [1.165, 1.54) is 11.0 Å². The number of hydrogen-bond acceptors (Lipinski definition) is 3. The van der Waals surface area contributed by atoms with Crippen LogP contribution < -0.4 is 25.9 Å². The van der Waals surface area contributed by atoms with Crippen LogP contribution in [0.4, 0.5) is 0 Å². The van der Waals surface area contributed by atoms with Gasteiger partial charge in [0.05, 0.1) is 5.69 Å². The number of aromatic nitrogens is 1. The molecule has 0 amide bonds. The molecule has 0 spiro atoms. The minimum atomic E-state index is 0.0816. The van der Waals surface area contributed by atoms with Gasteiger partial charge in [-0.05, 0) is 58.8 Å². The number of fused-ring (bicyclic) bond motifs is 4. The Morgan fingerprint density at radius 3 is 2.37 bits per heavy atom. The van der Waals surface area contributed by atoms with Crippen molar-refractivity contribution in [3.63, 3.8) is 0 Å². The lowest BCUT2D eigenvalue weighted by Crippen LogP contribution is -2.57. The zero-order valence-corrected chi connectivity index (χ0v) is 16.9. The van der Waals surface area contributed by atoms with Gasteiger partial charge < -0.3 is 9.47 Å². The molecule has 2 aliphatic rings. The summed E-state index contributed by atoms with van der Waals surface area (Å²) in [5.41, 5.74) is 6.66. The highest BCUT2D eigenvalue weighted by Gasteiger charge is 2.40. The molecule has 30 heavy (non-hydrogen) atoms. The second-order valence-corrected chi connectivity index (χ2v) is 8.20. The van der Waals surface area contributed by atoms with Crippen LogP contribution in [0.15, 0.2) is 79.0 Å². The van der Waals surface area contributed by atoms with E-state index in [1.54, 1.807) is 0 Å². The summed E-state index contributed by atoms with van der Waals surface area (Å²) in [7, 11) is 0. The Morgan fingerprint density at radius 2 is 1.50 bits per heavy atom. The smallest absolute Gasteiger partial charge is 0.260 e. The first-order chi connectivity index (χ1) is 14.7. The number of benzene rings is 3. The number of ether oxygens (including phenoxy) is 2. The van der Waals surface area contributed by atoms with Gasteiger partial charge in [-0.2, -0.15) is 0 Å². The van der Waals surface area contributed by atoms with Gasteiger partial charge in [0.15, 0.2) is 0 Å². The molecule has 3 nitrogen and oxygen atoms in total. The molecular formula is C26H20BNO2. The minimum absolute atomic E-state index is 0.0816. The van der Waals surface area contributed by atoms with Gasteiger partial charge in [0.25, 0.3) is 6.71 Å². The monoisotopic (exact) mass is 389 g/mol. The van der Waals surface area contributed by atoms with E-state index in [2.05, 4.69) is 61.3 Å². The van der Waals surface area contributed by atoms with Crippen LogP contribution in [0.5, 0.6) is 23.0 Å². The molecule has 0 bridgehead atoms. The average molecular weight is 389 g/mol. The first kappa shape index (κ1) is 17.3.